The smallest absolute Gasteiger partial charge is 0.410 e. The molecule has 3 aromatic rings. The quantitative estimate of drug-likeness (QED) is 0.473. The van der Waals surface area contributed by atoms with E-state index in [1.165, 1.54) is 35.5 Å². The lowest BCUT2D eigenvalue weighted by molar-refractivity contribution is -0.135. The highest BCUT2D eigenvalue weighted by Gasteiger charge is 2.42. The minimum Gasteiger partial charge on any atom is -0.410 e. The van der Waals surface area contributed by atoms with Crippen molar-refractivity contribution in [3.05, 3.63) is 83.5 Å². The molecule has 2 fully saturated rings. The van der Waals surface area contributed by atoms with Crippen LogP contribution >= 0.6 is 11.6 Å². The zero-order valence-electron chi connectivity index (χ0n) is 21.0. The fraction of sp³-hybridized carbons (Fsp3) is 0.357. The number of hydrogen-bond acceptors (Lipinski definition) is 6. The molecule has 2 amide bonds. The van der Waals surface area contributed by atoms with Gasteiger partial charge in [0.25, 0.3) is 0 Å². The summed E-state index contributed by atoms with van der Waals surface area (Å²) in [5.41, 5.74) is 0.995. The third kappa shape index (κ3) is 5.72. The summed E-state index contributed by atoms with van der Waals surface area (Å²) in [5.74, 6) is 0.629. The number of nitrogens with zero attached hydrogens (tertiary/aromatic N) is 5. The maximum Gasteiger partial charge on any atom is 0.415 e. The number of hydrogen-bond donors (Lipinski definition) is 0. The second-order valence-electron chi connectivity index (χ2n) is 9.73. The fourth-order valence-corrected chi connectivity index (χ4v) is 5.42. The Kier molecular flexibility index (Phi) is 7.74. The first kappa shape index (κ1) is 25.9. The fourth-order valence-electron chi connectivity index (χ4n) is 5.29. The summed E-state index contributed by atoms with van der Waals surface area (Å²) >= 11 is 6.12. The van der Waals surface area contributed by atoms with Crippen LogP contribution in [0, 0.1) is 11.7 Å². The number of carbonyl (C=O) groups is 2. The number of benzene rings is 2. The van der Waals surface area contributed by atoms with Crippen molar-refractivity contribution in [3.8, 4) is 5.75 Å². The molecule has 0 bridgehead atoms. The molecule has 2 aliphatic rings. The van der Waals surface area contributed by atoms with Crippen LogP contribution in [-0.2, 0) is 4.79 Å². The van der Waals surface area contributed by atoms with Gasteiger partial charge in [-0.2, -0.15) is 0 Å². The van der Waals surface area contributed by atoms with Gasteiger partial charge < -0.3 is 19.4 Å². The summed E-state index contributed by atoms with van der Waals surface area (Å²) in [5, 5.41) is 0.621. The van der Waals surface area contributed by atoms with Crippen LogP contribution in [0.4, 0.5) is 15.0 Å². The molecule has 1 aromatic heterocycles. The number of ether oxygens (including phenoxy) is 1. The van der Waals surface area contributed by atoms with E-state index < -0.39 is 11.9 Å². The van der Waals surface area contributed by atoms with Gasteiger partial charge in [0.2, 0.25) is 5.91 Å². The average molecular weight is 538 g/mol. The minimum absolute atomic E-state index is 0.0887. The van der Waals surface area contributed by atoms with Crippen molar-refractivity contribution in [3.63, 3.8) is 0 Å². The molecule has 0 aliphatic carbocycles. The standard InChI is InChI=1S/C28H29ClFN5O3/c1-33(28(37)38-23-8-6-22(30)7-9-23)25-17-35(16-24(25)19-2-4-21(29)5-3-19)27(36)20-11-14-34(15-12-20)26-10-13-31-18-32-26/h2-10,13,18,20,24-25H,11-12,14-17H2,1H3. The van der Waals surface area contributed by atoms with Crippen LogP contribution in [-0.4, -0.2) is 71.0 Å². The second-order valence-corrected chi connectivity index (χ2v) is 10.2. The molecule has 2 atom stereocenters. The highest BCUT2D eigenvalue weighted by molar-refractivity contribution is 6.30. The lowest BCUT2D eigenvalue weighted by atomic mass is 9.93. The van der Waals surface area contributed by atoms with E-state index in [1.807, 2.05) is 35.2 Å². The van der Waals surface area contributed by atoms with E-state index >= 15 is 0 Å². The van der Waals surface area contributed by atoms with Gasteiger partial charge in [0, 0.05) is 56.3 Å². The number of piperidine rings is 1. The Labute approximate surface area is 226 Å². The van der Waals surface area contributed by atoms with Crippen LogP contribution in [0.1, 0.15) is 24.3 Å². The van der Waals surface area contributed by atoms with Crippen LogP contribution in [0.3, 0.4) is 0 Å². The SMILES string of the molecule is CN(C(=O)Oc1ccc(F)cc1)C1CN(C(=O)C2CCN(c3ccncn3)CC2)CC1c1ccc(Cl)cc1. The zero-order valence-corrected chi connectivity index (χ0v) is 21.8. The summed E-state index contributed by atoms with van der Waals surface area (Å²) in [6.07, 6.45) is 4.16. The predicted molar refractivity (Wildman–Crippen MR) is 142 cm³/mol. The summed E-state index contributed by atoms with van der Waals surface area (Å²) in [4.78, 5) is 40.5. The average Bonchev–Trinajstić information content (AvgIpc) is 3.40. The van der Waals surface area contributed by atoms with E-state index in [4.69, 9.17) is 16.3 Å². The van der Waals surface area contributed by atoms with Crippen molar-refractivity contribution in [1.82, 2.24) is 19.8 Å². The Hall–Kier alpha value is -3.72. The molecular formula is C28H29ClFN5O3. The number of anilines is 1. The summed E-state index contributed by atoms with van der Waals surface area (Å²) in [6.45, 7) is 2.38. The molecule has 2 saturated heterocycles. The monoisotopic (exact) mass is 537 g/mol. The largest absolute Gasteiger partial charge is 0.415 e. The van der Waals surface area contributed by atoms with E-state index in [2.05, 4.69) is 14.9 Å². The van der Waals surface area contributed by atoms with Gasteiger partial charge in [-0.25, -0.2) is 19.2 Å². The van der Waals surface area contributed by atoms with Crippen LogP contribution in [0.5, 0.6) is 5.75 Å². The number of aromatic nitrogens is 2. The van der Waals surface area contributed by atoms with Crippen molar-refractivity contribution in [2.75, 3.05) is 38.1 Å². The first-order valence-corrected chi connectivity index (χ1v) is 13.0. The van der Waals surface area contributed by atoms with Gasteiger partial charge in [-0.05, 0) is 60.9 Å². The Morgan fingerprint density at radius 1 is 1.03 bits per heavy atom. The third-order valence-corrected chi connectivity index (χ3v) is 7.69. The van der Waals surface area contributed by atoms with E-state index in [9.17, 15) is 14.0 Å². The van der Waals surface area contributed by atoms with E-state index in [1.54, 1.807) is 13.2 Å². The summed E-state index contributed by atoms with van der Waals surface area (Å²) in [6, 6.07) is 14.4. The van der Waals surface area contributed by atoms with Crippen molar-refractivity contribution in [2.45, 2.75) is 24.8 Å². The molecule has 0 spiro atoms. The van der Waals surface area contributed by atoms with Crippen molar-refractivity contribution in [1.29, 1.82) is 0 Å². The lowest BCUT2D eigenvalue weighted by Crippen LogP contribution is -2.45. The van der Waals surface area contributed by atoms with Gasteiger partial charge in [-0.15, -0.1) is 0 Å². The lowest BCUT2D eigenvalue weighted by Gasteiger charge is -2.34. The Bertz CT molecular complexity index is 1250. The maximum absolute atomic E-state index is 13.6. The normalized spacial score (nSPS) is 19.9. The molecule has 8 nitrogen and oxygen atoms in total. The predicted octanol–water partition coefficient (Wildman–Crippen LogP) is 4.61. The first-order valence-electron chi connectivity index (χ1n) is 12.6. The van der Waals surface area contributed by atoms with Crippen molar-refractivity contribution >= 4 is 29.4 Å². The molecular weight excluding hydrogens is 509 g/mol. The molecule has 2 unspecified atom stereocenters. The molecule has 3 heterocycles. The summed E-state index contributed by atoms with van der Waals surface area (Å²) < 4.78 is 18.8. The minimum atomic E-state index is -0.562. The van der Waals surface area contributed by atoms with Gasteiger partial charge in [0.1, 0.15) is 23.7 Å². The number of carbonyl (C=O) groups excluding carboxylic acids is 2. The number of likely N-dealkylation sites (N-methyl/N-ethyl adjacent to an activating group) is 1. The second kappa shape index (κ2) is 11.3. The van der Waals surface area contributed by atoms with Crippen LogP contribution < -0.4 is 9.64 Å². The number of amides is 2. The van der Waals surface area contributed by atoms with Crippen molar-refractivity contribution < 1.29 is 18.7 Å². The molecule has 0 saturated carbocycles. The molecule has 0 N–H and O–H groups in total. The Balaban J connectivity index is 1.29. The Morgan fingerprint density at radius 3 is 2.39 bits per heavy atom. The van der Waals surface area contributed by atoms with Gasteiger partial charge in [-0.1, -0.05) is 23.7 Å². The van der Waals surface area contributed by atoms with E-state index in [0.29, 0.717) is 18.1 Å². The zero-order chi connectivity index (χ0) is 26.6. The molecule has 198 valence electrons. The van der Waals surface area contributed by atoms with Crippen molar-refractivity contribution in [2.24, 2.45) is 5.92 Å². The summed E-state index contributed by atoms with van der Waals surface area (Å²) in [7, 11) is 1.67. The van der Waals surface area contributed by atoms with Crippen LogP contribution in [0.15, 0.2) is 67.1 Å². The van der Waals surface area contributed by atoms with Gasteiger partial charge in [0.15, 0.2) is 0 Å². The highest BCUT2D eigenvalue weighted by Crippen LogP contribution is 2.34. The maximum atomic E-state index is 13.6. The van der Waals surface area contributed by atoms with E-state index in [-0.39, 0.29) is 29.5 Å². The molecule has 0 radical (unpaired) electrons. The first-order chi connectivity index (χ1) is 18.4. The number of halogens is 2. The van der Waals surface area contributed by atoms with Crippen LogP contribution in [0.25, 0.3) is 0 Å². The third-order valence-electron chi connectivity index (χ3n) is 7.44. The van der Waals surface area contributed by atoms with E-state index in [0.717, 1.165) is 37.3 Å². The van der Waals surface area contributed by atoms with Crippen LogP contribution in [0.2, 0.25) is 5.02 Å². The molecule has 38 heavy (non-hydrogen) atoms. The van der Waals surface area contributed by atoms with Gasteiger partial charge in [-0.3, -0.25) is 4.79 Å². The number of rotatable bonds is 5. The van der Waals surface area contributed by atoms with Gasteiger partial charge >= 0.3 is 6.09 Å². The number of likely N-dealkylation sites (tertiary alicyclic amines) is 1. The Morgan fingerprint density at radius 2 is 1.74 bits per heavy atom. The molecule has 2 aliphatic heterocycles. The van der Waals surface area contributed by atoms with Gasteiger partial charge in [0.05, 0.1) is 6.04 Å². The molecule has 10 heteroatoms. The molecule has 2 aromatic carbocycles. The highest BCUT2D eigenvalue weighted by atomic mass is 35.5. The topological polar surface area (TPSA) is 78.9 Å². The molecule has 5 rings (SSSR count).